The summed E-state index contributed by atoms with van der Waals surface area (Å²) in [5.41, 5.74) is 0.512. The molecule has 4 rings (SSSR count). The van der Waals surface area contributed by atoms with Gasteiger partial charge in [-0.1, -0.05) is 30.3 Å². The second kappa shape index (κ2) is 5.23. The van der Waals surface area contributed by atoms with Crippen molar-refractivity contribution >= 4 is 11.0 Å². The van der Waals surface area contributed by atoms with Gasteiger partial charge in [0.15, 0.2) is 0 Å². The number of halogens is 3. The Morgan fingerprint density at radius 3 is 2.38 bits per heavy atom. The van der Waals surface area contributed by atoms with Crippen LogP contribution < -0.4 is 0 Å². The highest BCUT2D eigenvalue weighted by atomic mass is 19.4. The van der Waals surface area contributed by atoms with Crippen LogP contribution in [-0.4, -0.2) is 20.2 Å². The lowest BCUT2D eigenvalue weighted by Crippen LogP contribution is -2.08. The van der Waals surface area contributed by atoms with Gasteiger partial charge in [0.2, 0.25) is 0 Å². The molecule has 120 valence electrons. The van der Waals surface area contributed by atoms with Crippen molar-refractivity contribution in [2.75, 3.05) is 0 Å². The number of aromatic nitrogens is 4. The quantitative estimate of drug-likeness (QED) is 0.563. The molecule has 0 bridgehead atoms. The summed E-state index contributed by atoms with van der Waals surface area (Å²) in [6.45, 7) is 0. The molecule has 0 saturated heterocycles. The molecule has 0 saturated carbocycles. The number of H-pyrrole nitrogens is 2. The molecule has 0 aliphatic rings. The van der Waals surface area contributed by atoms with Crippen LogP contribution in [0.25, 0.3) is 33.7 Å². The van der Waals surface area contributed by atoms with Gasteiger partial charge in [-0.2, -0.15) is 18.3 Å². The van der Waals surface area contributed by atoms with Crippen molar-refractivity contribution in [1.82, 2.24) is 20.2 Å². The number of fused-ring (bicyclic) bond motifs is 1. The zero-order valence-electron chi connectivity index (χ0n) is 12.2. The highest BCUT2D eigenvalue weighted by molar-refractivity contribution is 5.89. The monoisotopic (exact) mass is 328 g/mol. The minimum absolute atomic E-state index is 0.0265. The number of aromatic amines is 2. The van der Waals surface area contributed by atoms with E-state index in [4.69, 9.17) is 0 Å². The minimum atomic E-state index is -4.54. The normalized spacial score (nSPS) is 12.0. The van der Waals surface area contributed by atoms with Gasteiger partial charge in [-0.3, -0.25) is 5.10 Å². The zero-order chi connectivity index (χ0) is 16.7. The predicted octanol–water partition coefficient (Wildman–Crippen LogP) is 4.64. The lowest BCUT2D eigenvalue weighted by molar-refractivity contribution is -0.135. The van der Waals surface area contributed by atoms with Gasteiger partial charge in [0.05, 0.1) is 16.8 Å². The summed E-state index contributed by atoms with van der Waals surface area (Å²) < 4.78 is 41.1. The summed E-state index contributed by atoms with van der Waals surface area (Å²) in [4.78, 5) is 7.17. The molecule has 0 aliphatic carbocycles. The number of nitrogens with one attached hydrogen (secondary N) is 2. The van der Waals surface area contributed by atoms with Gasteiger partial charge in [0, 0.05) is 17.3 Å². The molecule has 24 heavy (non-hydrogen) atoms. The van der Waals surface area contributed by atoms with Crippen molar-refractivity contribution in [1.29, 1.82) is 0 Å². The zero-order valence-corrected chi connectivity index (χ0v) is 12.2. The molecule has 2 N–H and O–H groups in total. The minimum Gasteiger partial charge on any atom is -0.338 e. The summed E-state index contributed by atoms with van der Waals surface area (Å²) in [6, 6.07) is 13.6. The topological polar surface area (TPSA) is 57.4 Å². The van der Waals surface area contributed by atoms with Crippen molar-refractivity contribution in [3.8, 4) is 22.6 Å². The van der Waals surface area contributed by atoms with E-state index in [1.807, 2.05) is 18.2 Å². The van der Waals surface area contributed by atoms with Crippen LogP contribution in [0.1, 0.15) is 5.56 Å². The van der Waals surface area contributed by atoms with E-state index in [0.717, 1.165) is 5.56 Å². The number of alkyl halides is 3. The smallest absolute Gasteiger partial charge is 0.338 e. The van der Waals surface area contributed by atoms with E-state index < -0.39 is 11.7 Å². The van der Waals surface area contributed by atoms with Crippen LogP contribution in [0.2, 0.25) is 0 Å². The first-order valence-electron chi connectivity index (χ1n) is 7.19. The van der Waals surface area contributed by atoms with Gasteiger partial charge in [-0.25, -0.2) is 4.98 Å². The van der Waals surface area contributed by atoms with Gasteiger partial charge >= 0.3 is 6.18 Å². The fourth-order valence-corrected chi connectivity index (χ4v) is 2.73. The fraction of sp³-hybridized carbons (Fsp3) is 0.0588. The number of rotatable bonds is 2. The van der Waals surface area contributed by atoms with E-state index in [1.165, 1.54) is 18.3 Å². The number of imidazole rings is 1. The van der Waals surface area contributed by atoms with E-state index in [-0.39, 0.29) is 11.1 Å². The molecule has 4 nitrogen and oxygen atoms in total. The Morgan fingerprint density at radius 2 is 1.71 bits per heavy atom. The van der Waals surface area contributed by atoms with E-state index in [9.17, 15) is 13.2 Å². The Kier molecular flexibility index (Phi) is 3.16. The first-order valence-corrected chi connectivity index (χ1v) is 7.19. The predicted molar refractivity (Wildman–Crippen MR) is 84.1 cm³/mol. The molecule has 7 heteroatoms. The maximum absolute atomic E-state index is 13.7. The molecule has 0 aliphatic heterocycles. The summed E-state index contributed by atoms with van der Waals surface area (Å²) in [5.74, 6) is 0.401. The van der Waals surface area contributed by atoms with E-state index in [1.54, 1.807) is 18.2 Å². The van der Waals surface area contributed by atoms with E-state index in [0.29, 0.717) is 17.0 Å². The summed E-state index contributed by atoms with van der Waals surface area (Å²) in [7, 11) is 0. The number of hydrogen-bond acceptors (Lipinski definition) is 2. The summed E-state index contributed by atoms with van der Waals surface area (Å²) in [5, 5.41) is 6.32. The lowest BCUT2D eigenvalue weighted by Gasteiger charge is -2.12. The maximum Gasteiger partial charge on any atom is 0.419 e. The van der Waals surface area contributed by atoms with Crippen LogP contribution in [0.4, 0.5) is 13.2 Å². The van der Waals surface area contributed by atoms with Crippen LogP contribution >= 0.6 is 0 Å². The number of hydrogen-bond donors (Lipinski definition) is 2. The lowest BCUT2D eigenvalue weighted by atomic mass is 10.0. The maximum atomic E-state index is 13.7. The molecule has 2 aromatic heterocycles. The Bertz CT molecular complexity index is 986. The Labute approximate surface area is 134 Å². The van der Waals surface area contributed by atoms with Crippen molar-refractivity contribution < 1.29 is 13.2 Å². The Morgan fingerprint density at radius 1 is 0.917 bits per heavy atom. The largest absolute Gasteiger partial charge is 0.419 e. The van der Waals surface area contributed by atoms with Crippen molar-refractivity contribution in [2.45, 2.75) is 6.18 Å². The molecule has 0 radical (unpaired) electrons. The van der Waals surface area contributed by atoms with Gasteiger partial charge in [-0.05, 0) is 18.2 Å². The third-order valence-corrected chi connectivity index (χ3v) is 3.78. The van der Waals surface area contributed by atoms with Crippen LogP contribution in [0.5, 0.6) is 0 Å². The molecule has 0 atom stereocenters. The average Bonchev–Trinajstić information content (AvgIpc) is 3.23. The van der Waals surface area contributed by atoms with Gasteiger partial charge in [-0.15, -0.1) is 0 Å². The van der Waals surface area contributed by atoms with Gasteiger partial charge in [0.25, 0.3) is 0 Å². The first-order chi connectivity index (χ1) is 11.5. The van der Waals surface area contributed by atoms with E-state index >= 15 is 0 Å². The number of nitrogens with zero attached hydrogens (tertiary/aromatic N) is 2. The summed E-state index contributed by atoms with van der Waals surface area (Å²) >= 11 is 0. The molecular formula is C17H11F3N4. The third-order valence-electron chi connectivity index (χ3n) is 3.78. The molecular weight excluding hydrogens is 317 g/mol. The van der Waals surface area contributed by atoms with Gasteiger partial charge in [0.1, 0.15) is 11.3 Å². The molecule has 0 spiro atoms. The molecule has 0 amide bonds. The fourth-order valence-electron chi connectivity index (χ4n) is 2.73. The highest BCUT2D eigenvalue weighted by Gasteiger charge is 2.37. The van der Waals surface area contributed by atoms with E-state index in [2.05, 4.69) is 20.2 Å². The highest BCUT2D eigenvalue weighted by Crippen LogP contribution is 2.41. The number of benzene rings is 2. The van der Waals surface area contributed by atoms with Crippen molar-refractivity contribution in [3.05, 3.63) is 60.3 Å². The van der Waals surface area contributed by atoms with Crippen LogP contribution in [0.15, 0.2) is 54.7 Å². The van der Waals surface area contributed by atoms with Crippen molar-refractivity contribution in [2.24, 2.45) is 0 Å². The van der Waals surface area contributed by atoms with Crippen molar-refractivity contribution in [3.63, 3.8) is 0 Å². The first kappa shape index (κ1) is 14.5. The summed E-state index contributed by atoms with van der Waals surface area (Å²) in [6.07, 6.45) is -3.12. The Hall–Kier alpha value is -3.09. The van der Waals surface area contributed by atoms with Gasteiger partial charge < -0.3 is 4.98 Å². The van der Waals surface area contributed by atoms with Crippen LogP contribution in [0.3, 0.4) is 0 Å². The SMILES string of the molecule is FC(F)(F)c1c(-c2ccn[nH]2)ccc2[nH]c(-c3ccccc3)nc12. The Balaban J connectivity index is 2.00. The second-order valence-electron chi connectivity index (χ2n) is 5.30. The molecule has 2 aromatic carbocycles. The molecule has 4 aromatic rings. The second-order valence-corrected chi connectivity index (χ2v) is 5.30. The molecule has 2 heterocycles. The molecule has 0 unspecified atom stereocenters. The standard InChI is InChI=1S/C17H11F3N4/c18-17(19,20)14-11(12-8-9-21-24-12)6-7-13-15(14)23-16(22-13)10-4-2-1-3-5-10/h1-9H,(H,21,24)(H,22,23). The van der Waals surface area contributed by atoms with Crippen LogP contribution in [0, 0.1) is 0 Å². The average molecular weight is 328 g/mol. The third kappa shape index (κ3) is 2.34. The molecule has 0 fully saturated rings. The van der Waals surface area contributed by atoms with Crippen LogP contribution in [-0.2, 0) is 6.18 Å².